The van der Waals surface area contributed by atoms with Gasteiger partial charge >= 0.3 is 6.01 Å². The fraction of sp³-hybridized carbons (Fsp3) is 0.385. The number of aromatic nitrogens is 2. The summed E-state index contributed by atoms with van der Waals surface area (Å²) >= 11 is 3.10. The van der Waals surface area contributed by atoms with Crippen molar-refractivity contribution in [3.8, 4) is 0 Å². The zero-order chi connectivity index (χ0) is 14.5. The van der Waals surface area contributed by atoms with Gasteiger partial charge in [-0.15, -0.1) is 5.10 Å². The van der Waals surface area contributed by atoms with Gasteiger partial charge in [0.1, 0.15) is 5.82 Å². The maximum absolute atomic E-state index is 13.4. The molecule has 1 aromatic heterocycles. The van der Waals surface area contributed by atoms with Crippen molar-refractivity contribution < 1.29 is 8.81 Å². The van der Waals surface area contributed by atoms with Gasteiger partial charge in [0, 0.05) is 5.69 Å². The minimum Gasteiger partial charge on any atom is -0.406 e. The number of benzene rings is 1. The Morgan fingerprint density at radius 1 is 1.40 bits per heavy atom. The average molecular weight is 343 g/mol. The number of halogens is 2. The van der Waals surface area contributed by atoms with Gasteiger partial charge < -0.3 is 15.1 Å². The lowest BCUT2D eigenvalue weighted by molar-refractivity contribution is 0.424. The van der Waals surface area contributed by atoms with Crippen LogP contribution in [-0.2, 0) is 0 Å². The monoisotopic (exact) mass is 342 g/mol. The highest BCUT2D eigenvalue weighted by Gasteiger charge is 2.13. The van der Waals surface area contributed by atoms with Gasteiger partial charge in [-0.3, -0.25) is 0 Å². The summed E-state index contributed by atoms with van der Waals surface area (Å²) in [5, 5.41) is 14.0. The summed E-state index contributed by atoms with van der Waals surface area (Å²) in [6.45, 7) is 4.92. The highest BCUT2D eigenvalue weighted by molar-refractivity contribution is 9.10. The Morgan fingerprint density at radius 2 is 2.20 bits per heavy atom. The fourth-order valence-electron chi connectivity index (χ4n) is 1.61. The van der Waals surface area contributed by atoms with Crippen molar-refractivity contribution in [2.75, 3.05) is 11.9 Å². The summed E-state index contributed by atoms with van der Waals surface area (Å²) < 4.78 is 19.3. The SMILES string of the molecule is CCCNC(C)c1nnc(Nc2ccc(Br)c(F)c2)o1. The lowest BCUT2D eigenvalue weighted by Gasteiger charge is -2.07. The molecule has 20 heavy (non-hydrogen) atoms. The molecule has 0 fully saturated rings. The summed E-state index contributed by atoms with van der Waals surface area (Å²) in [5.74, 6) is 0.145. The number of hydrogen-bond donors (Lipinski definition) is 2. The number of nitrogens with zero attached hydrogens (tertiary/aromatic N) is 2. The van der Waals surface area contributed by atoms with E-state index in [1.165, 1.54) is 6.07 Å². The van der Waals surface area contributed by atoms with Crippen LogP contribution in [0.4, 0.5) is 16.1 Å². The summed E-state index contributed by atoms with van der Waals surface area (Å²) in [5.41, 5.74) is 0.551. The molecule has 0 radical (unpaired) electrons. The zero-order valence-electron chi connectivity index (χ0n) is 11.3. The molecule has 0 aliphatic heterocycles. The molecule has 2 rings (SSSR count). The maximum atomic E-state index is 13.4. The highest BCUT2D eigenvalue weighted by Crippen LogP contribution is 2.22. The molecule has 1 atom stereocenters. The van der Waals surface area contributed by atoms with E-state index in [0.717, 1.165) is 13.0 Å². The topological polar surface area (TPSA) is 63.0 Å². The summed E-state index contributed by atoms with van der Waals surface area (Å²) in [6, 6.07) is 4.91. The average Bonchev–Trinajstić information content (AvgIpc) is 2.89. The Labute approximate surface area is 125 Å². The van der Waals surface area contributed by atoms with Crippen LogP contribution in [0, 0.1) is 5.82 Å². The van der Waals surface area contributed by atoms with Crippen LogP contribution in [0.25, 0.3) is 0 Å². The molecule has 0 saturated heterocycles. The summed E-state index contributed by atoms with van der Waals surface area (Å²) in [4.78, 5) is 0. The van der Waals surface area contributed by atoms with Crippen LogP contribution >= 0.6 is 15.9 Å². The Bertz CT molecular complexity index is 575. The third-order valence-corrected chi connectivity index (χ3v) is 3.33. The summed E-state index contributed by atoms with van der Waals surface area (Å²) in [7, 11) is 0. The first-order chi connectivity index (χ1) is 9.60. The van der Waals surface area contributed by atoms with E-state index in [1.54, 1.807) is 12.1 Å². The molecule has 1 unspecified atom stereocenters. The van der Waals surface area contributed by atoms with Crippen LogP contribution in [0.3, 0.4) is 0 Å². The molecular formula is C13H16BrFN4O. The maximum Gasteiger partial charge on any atom is 0.320 e. The molecule has 1 aromatic carbocycles. The first kappa shape index (κ1) is 14.9. The van der Waals surface area contributed by atoms with E-state index in [2.05, 4.69) is 43.7 Å². The van der Waals surface area contributed by atoms with Crippen LogP contribution in [0.2, 0.25) is 0 Å². The van der Waals surface area contributed by atoms with Gasteiger partial charge in [0.05, 0.1) is 10.5 Å². The molecule has 0 aliphatic carbocycles. The predicted octanol–water partition coefficient (Wildman–Crippen LogP) is 3.78. The molecule has 0 amide bonds. The van der Waals surface area contributed by atoms with Gasteiger partial charge in [-0.25, -0.2) is 4.39 Å². The van der Waals surface area contributed by atoms with Crippen LogP contribution in [0.15, 0.2) is 27.1 Å². The van der Waals surface area contributed by atoms with Crippen molar-refractivity contribution in [2.45, 2.75) is 26.3 Å². The number of hydrogen-bond acceptors (Lipinski definition) is 5. The fourth-order valence-corrected chi connectivity index (χ4v) is 1.85. The molecule has 5 nitrogen and oxygen atoms in total. The van der Waals surface area contributed by atoms with Gasteiger partial charge in [-0.05, 0) is 54.0 Å². The van der Waals surface area contributed by atoms with Crippen LogP contribution < -0.4 is 10.6 Å². The van der Waals surface area contributed by atoms with Gasteiger partial charge in [0.15, 0.2) is 0 Å². The molecule has 0 bridgehead atoms. The molecule has 0 aliphatic rings. The van der Waals surface area contributed by atoms with Gasteiger partial charge in [-0.2, -0.15) is 0 Å². The van der Waals surface area contributed by atoms with E-state index in [4.69, 9.17) is 4.42 Å². The molecule has 2 N–H and O–H groups in total. The standard InChI is InChI=1S/C13H16BrFN4O/c1-3-6-16-8(2)12-18-19-13(20-12)17-9-4-5-10(14)11(15)7-9/h4-5,7-8,16H,3,6H2,1-2H3,(H,17,19). The van der Waals surface area contributed by atoms with E-state index in [1.807, 2.05) is 6.92 Å². The van der Waals surface area contributed by atoms with Gasteiger partial charge in [0.2, 0.25) is 5.89 Å². The number of nitrogens with one attached hydrogen (secondary N) is 2. The van der Waals surface area contributed by atoms with Crippen molar-refractivity contribution in [1.82, 2.24) is 15.5 Å². The molecule has 1 heterocycles. The minimum atomic E-state index is -0.354. The Kier molecular flexibility index (Phi) is 5.08. The smallest absolute Gasteiger partial charge is 0.320 e. The van der Waals surface area contributed by atoms with E-state index < -0.39 is 0 Å². The summed E-state index contributed by atoms with van der Waals surface area (Å²) in [6.07, 6.45) is 1.03. The second kappa shape index (κ2) is 6.81. The zero-order valence-corrected chi connectivity index (χ0v) is 12.9. The van der Waals surface area contributed by atoms with Gasteiger partial charge in [0.25, 0.3) is 0 Å². The third kappa shape index (κ3) is 3.77. The number of anilines is 2. The van der Waals surface area contributed by atoms with Gasteiger partial charge in [-0.1, -0.05) is 12.0 Å². The van der Waals surface area contributed by atoms with Crippen molar-refractivity contribution in [3.05, 3.63) is 34.4 Å². The molecule has 108 valence electrons. The first-order valence-corrected chi connectivity index (χ1v) is 7.18. The minimum absolute atomic E-state index is 0.0142. The molecule has 0 saturated carbocycles. The van der Waals surface area contributed by atoms with E-state index in [0.29, 0.717) is 16.1 Å². The van der Waals surface area contributed by atoms with E-state index in [-0.39, 0.29) is 17.9 Å². The second-order valence-corrected chi connectivity index (χ2v) is 5.23. The van der Waals surface area contributed by atoms with Crippen molar-refractivity contribution in [1.29, 1.82) is 0 Å². The quantitative estimate of drug-likeness (QED) is 0.836. The molecule has 2 aromatic rings. The van der Waals surface area contributed by atoms with Crippen molar-refractivity contribution >= 4 is 27.6 Å². The van der Waals surface area contributed by atoms with Crippen LogP contribution in [-0.4, -0.2) is 16.7 Å². The Morgan fingerprint density at radius 3 is 2.90 bits per heavy atom. The first-order valence-electron chi connectivity index (χ1n) is 6.39. The number of rotatable bonds is 6. The normalized spacial score (nSPS) is 12.4. The third-order valence-electron chi connectivity index (χ3n) is 2.68. The largest absolute Gasteiger partial charge is 0.406 e. The van der Waals surface area contributed by atoms with Crippen LogP contribution in [0.1, 0.15) is 32.2 Å². The second-order valence-electron chi connectivity index (χ2n) is 4.38. The molecular weight excluding hydrogens is 327 g/mol. The predicted molar refractivity (Wildman–Crippen MR) is 78.4 cm³/mol. The molecule has 7 heteroatoms. The van der Waals surface area contributed by atoms with Crippen LogP contribution in [0.5, 0.6) is 0 Å². The Balaban J connectivity index is 2.03. The lowest BCUT2D eigenvalue weighted by atomic mass is 10.3. The Hall–Kier alpha value is -1.47. The van der Waals surface area contributed by atoms with Crippen molar-refractivity contribution in [3.63, 3.8) is 0 Å². The lowest BCUT2D eigenvalue weighted by Crippen LogP contribution is -2.19. The van der Waals surface area contributed by atoms with E-state index in [9.17, 15) is 4.39 Å². The molecule has 0 spiro atoms. The highest BCUT2D eigenvalue weighted by atomic mass is 79.9. The van der Waals surface area contributed by atoms with Crippen molar-refractivity contribution in [2.24, 2.45) is 0 Å². The van der Waals surface area contributed by atoms with E-state index >= 15 is 0 Å².